The van der Waals surface area contributed by atoms with Crippen molar-refractivity contribution in [3.8, 4) is 16.9 Å². The monoisotopic (exact) mass is 506 g/mol. The predicted molar refractivity (Wildman–Crippen MR) is 146 cm³/mol. The van der Waals surface area contributed by atoms with Crippen molar-refractivity contribution < 1.29 is 19.4 Å². The number of aromatic nitrogens is 1. The average molecular weight is 507 g/mol. The summed E-state index contributed by atoms with van der Waals surface area (Å²) in [5.74, 6) is 0.261. The number of amides is 1. The number of carboxylic acids is 1. The minimum atomic E-state index is -1.03. The number of carbonyl (C=O) groups is 2. The largest absolute Gasteiger partial charge is 0.487 e. The van der Waals surface area contributed by atoms with E-state index in [0.717, 1.165) is 34.2 Å². The molecule has 2 N–H and O–H groups in total. The number of aliphatic carboxylic acids is 1. The van der Waals surface area contributed by atoms with Crippen LogP contribution >= 0.6 is 11.8 Å². The Kier molecular flexibility index (Phi) is 9.94. The van der Waals surface area contributed by atoms with Crippen molar-refractivity contribution in [2.75, 3.05) is 12.0 Å². The molecule has 0 fully saturated rings. The van der Waals surface area contributed by atoms with Crippen LogP contribution < -0.4 is 10.1 Å². The fourth-order valence-corrected chi connectivity index (χ4v) is 4.53. The first-order valence-electron chi connectivity index (χ1n) is 12.1. The number of rotatable bonds is 12. The number of nitrogens with one attached hydrogen (secondary N) is 1. The third kappa shape index (κ3) is 7.34. The molecule has 3 rings (SSSR count). The molecule has 0 saturated heterocycles. The van der Waals surface area contributed by atoms with Crippen LogP contribution in [-0.4, -0.2) is 40.0 Å². The fourth-order valence-electron chi connectivity index (χ4n) is 4.06. The van der Waals surface area contributed by atoms with Gasteiger partial charge in [-0.2, -0.15) is 11.8 Å². The number of pyridine rings is 1. The van der Waals surface area contributed by atoms with Gasteiger partial charge in [-0.25, -0.2) is 4.79 Å². The predicted octanol–water partition coefficient (Wildman–Crippen LogP) is 5.77. The molecule has 0 spiro atoms. The van der Waals surface area contributed by atoms with Crippen LogP contribution in [0.3, 0.4) is 0 Å². The van der Waals surface area contributed by atoms with Gasteiger partial charge >= 0.3 is 5.97 Å². The molecule has 0 aliphatic heterocycles. The van der Waals surface area contributed by atoms with Crippen molar-refractivity contribution in [1.82, 2.24) is 10.3 Å². The van der Waals surface area contributed by atoms with E-state index in [1.807, 2.05) is 61.7 Å². The summed E-state index contributed by atoms with van der Waals surface area (Å²) in [4.78, 5) is 29.5. The normalized spacial score (nSPS) is 11.8. The van der Waals surface area contributed by atoms with Crippen molar-refractivity contribution in [2.24, 2.45) is 5.92 Å². The van der Waals surface area contributed by atoms with Crippen LogP contribution in [0.2, 0.25) is 0 Å². The molecule has 0 radical (unpaired) electrons. The van der Waals surface area contributed by atoms with Crippen LogP contribution in [0.1, 0.15) is 47.3 Å². The van der Waals surface area contributed by atoms with Gasteiger partial charge in [0.25, 0.3) is 5.91 Å². The zero-order chi connectivity index (χ0) is 26.1. The van der Waals surface area contributed by atoms with E-state index in [0.29, 0.717) is 36.0 Å². The van der Waals surface area contributed by atoms with Gasteiger partial charge < -0.3 is 15.2 Å². The number of ether oxygens (including phenoxy) is 1. The molecule has 6 nitrogen and oxygen atoms in total. The number of benzene rings is 2. The van der Waals surface area contributed by atoms with Crippen molar-refractivity contribution in [3.05, 3.63) is 83.2 Å². The van der Waals surface area contributed by atoms with Crippen LogP contribution in [0.4, 0.5) is 0 Å². The summed E-state index contributed by atoms with van der Waals surface area (Å²) < 4.78 is 6.03. The molecule has 0 aliphatic rings. The molecule has 2 aromatic carbocycles. The fraction of sp³-hybridized carbons (Fsp3) is 0.345. The highest BCUT2D eigenvalue weighted by Crippen LogP contribution is 2.31. The van der Waals surface area contributed by atoms with E-state index in [-0.39, 0.29) is 5.91 Å². The van der Waals surface area contributed by atoms with Gasteiger partial charge in [0, 0.05) is 11.8 Å². The first kappa shape index (κ1) is 27.3. The van der Waals surface area contributed by atoms with Crippen LogP contribution in [0, 0.1) is 12.8 Å². The SMILES string of the molecule is CSCC[C@H](NC(=O)c1cc(CC(C)C)c(COc2cccnc2)cc1-c1ccccc1C)C(=O)O. The summed E-state index contributed by atoms with van der Waals surface area (Å²) in [5.41, 5.74) is 5.18. The Morgan fingerprint density at radius 3 is 2.50 bits per heavy atom. The van der Waals surface area contributed by atoms with Gasteiger partial charge in [0.2, 0.25) is 0 Å². The molecule has 0 bridgehead atoms. The van der Waals surface area contributed by atoms with Gasteiger partial charge in [-0.15, -0.1) is 0 Å². The van der Waals surface area contributed by atoms with E-state index < -0.39 is 12.0 Å². The Hall–Kier alpha value is -3.32. The van der Waals surface area contributed by atoms with E-state index in [2.05, 4.69) is 24.1 Å². The second-order valence-corrected chi connectivity index (χ2v) is 10.2. The third-order valence-corrected chi connectivity index (χ3v) is 6.53. The lowest BCUT2D eigenvalue weighted by atomic mass is 9.88. The van der Waals surface area contributed by atoms with Gasteiger partial charge in [0.1, 0.15) is 18.4 Å². The number of hydrogen-bond donors (Lipinski definition) is 2. The van der Waals surface area contributed by atoms with E-state index in [4.69, 9.17) is 4.74 Å². The Bertz CT molecular complexity index is 1180. The molecule has 0 saturated carbocycles. The van der Waals surface area contributed by atoms with Crippen LogP contribution in [-0.2, 0) is 17.8 Å². The van der Waals surface area contributed by atoms with Crippen molar-refractivity contribution in [1.29, 1.82) is 0 Å². The molecule has 1 heterocycles. The molecule has 1 atom stereocenters. The van der Waals surface area contributed by atoms with Crippen LogP contribution in [0.15, 0.2) is 60.9 Å². The average Bonchev–Trinajstić information content (AvgIpc) is 2.86. The van der Waals surface area contributed by atoms with E-state index in [9.17, 15) is 14.7 Å². The zero-order valence-electron chi connectivity index (χ0n) is 21.3. The quantitative estimate of drug-likeness (QED) is 0.324. The molecule has 0 aliphatic carbocycles. The van der Waals surface area contributed by atoms with Gasteiger partial charge in [0.05, 0.1) is 6.20 Å². The first-order chi connectivity index (χ1) is 17.3. The van der Waals surface area contributed by atoms with Crippen LogP contribution in [0.5, 0.6) is 5.75 Å². The number of nitrogens with zero attached hydrogens (tertiary/aromatic N) is 1. The second-order valence-electron chi connectivity index (χ2n) is 9.20. The van der Waals surface area contributed by atoms with Crippen molar-refractivity contribution >= 4 is 23.6 Å². The molecule has 3 aromatic rings. The molecule has 0 unspecified atom stereocenters. The molecule has 36 heavy (non-hydrogen) atoms. The van der Waals surface area contributed by atoms with Crippen LogP contribution in [0.25, 0.3) is 11.1 Å². The maximum Gasteiger partial charge on any atom is 0.326 e. The highest BCUT2D eigenvalue weighted by molar-refractivity contribution is 7.98. The lowest BCUT2D eigenvalue weighted by molar-refractivity contribution is -0.139. The van der Waals surface area contributed by atoms with Gasteiger partial charge in [-0.1, -0.05) is 38.1 Å². The minimum Gasteiger partial charge on any atom is -0.487 e. The topological polar surface area (TPSA) is 88.5 Å². The Balaban J connectivity index is 2.08. The Morgan fingerprint density at radius 1 is 1.08 bits per heavy atom. The highest BCUT2D eigenvalue weighted by atomic mass is 32.2. The summed E-state index contributed by atoms with van der Waals surface area (Å²) in [6.45, 7) is 6.59. The summed E-state index contributed by atoms with van der Waals surface area (Å²) in [5, 5.41) is 12.4. The van der Waals surface area contributed by atoms with Gasteiger partial charge in [0.15, 0.2) is 0 Å². The molecule has 1 aromatic heterocycles. The second kappa shape index (κ2) is 13.1. The molecule has 190 valence electrons. The van der Waals surface area contributed by atoms with E-state index >= 15 is 0 Å². The summed E-state index contributed by atoms with van der Waals surface area (Å²) in [6.07, 6.45) is 6.41. The lowest BCUT2D eigenvalue weighted by Gasteiger charge is -2.21. The molecule has 1 amide bonds. The third-order valence-electron chi connectivity index (χ3n) is 5.89. The van der Waals surface area contributed by atoms with Gasteiger partial charge in [-0.05, 0) is 89.8 Å². The number of carboxylic acid groups (broad SMARTS) is 1. The summed E-state index contributed by atoms with van der Waals surface area (Å²) in [7, 11) is 0. The Morgan fingerprint density at radius 2 is 1.86 bits per heavy atom. The smallest absolute Gasteiger partial charge is 0.326 e. The van der Waals surface area contributed by atoms with E-state index in [1.54, 1.807) is 24.2 Å². The standard InChI is InChI=1S/C29H34N2O4S/c1-19(2)14-21-15-26(28(32)31-27(29(33)34)11-13-36-4)25(24-10-6-5-8-20(24)3)16-22(21)18-35-23-9-7-12-30-17-23/h5-10,12,15-17,19,27H,11,13-14,18H2,1-4H3,(H,31,32)(H,33,34)/t27-/m0/s1. The zero-order valence-corrected chi connectivity index (χ0v) is 22.1. The summed E-state index contributed by atoms with van der Waals surface area (Å²) in [6, 6.07) is 14.6. The number of thioether (sulfide) groups is 1. The van der Waals surface area contributed by atoms with Gasteiger partial charge in [-0.3, -0.25) is 9.78 Å². The maximum absolute atomic E-state index is 13.5. The number of aryl methyl sites for hydroxylation is 1. The number of carbonyl (C=O) groups excluding carboxylic acids is 1. The summed E-state index contributed by atoms with van der Waals surface area (Å²) >= 11 is 1.55. The maximum atomic E-state index is 13.5. The molecular weight excluding hydrogens is 472 g/mol. The highest BCUT2D eigenvalue weighted by Gasteiger charge is 2.24. The molecule has 7 heteroatoms. The minimum absolute atomic E-state index is 0.333. The van der Waals surface area contributed by atoms with E-state index in [1.165, 1.54) is 0 Å². The molecular formula is C29H34N2O4S. The van der Waals surface area contributed by atoms with Crippen molar-refractivity contribution in [2.45, 2.75) is 46.3 Å². The van der Waals surface area contributed by atoms with Crippen molar-refractivity contribution in [3.63, 3.8) is 0 Å². The first-order valence-corrected chi connectivity index (χ1v) is 13.5. The Labute approximate surface area is 217 Å². The number of hydrogen-bond acceptors (Lipinski definition) is 5. The lowest BCUT2D eigenvalue weighted by Crippen LogP contribution is -2.41.